The monoisotopic (exact) mass is 424 g/mol. The van der Waals surface area contributed by atoms with E-state index in [2.05, 4.69) is 0 Å². The minimum atomic E-state index is -1.82. The maximum absolute atomic E-state index is 9.10. The van der Waals surface area contributed by atoms with Crippen LogP contribution in [-0.4, -0.2) is 79.5 Å². The highest BCUT2D eigenvalue weighted by molar-refractivity contribution is 6.27. The molecule has 0 aliphatic heterocycles. The molecule has 16 heteroatoms. The number of carboxylic acid groups (broad SMARTS) is 6. The van der Waals surface area contributed by atoms with Crippen LogP contribution in [0.2, 0.25) is 0 Å². The van der Waals surface area contributed by atoms with Crippen LogP contribution in [0.3, 0.4) is 0 Å². The molecule has 0 saturated heterocycles. The first-order chi connectivity index (χ1) is 11.5. The second-order valence-electron chi connectivity index (χ2n) is 3.26. The Hall–Kier alpha value is -3.34. The molecule has 0 unspecified atom stereocenters. The summed E-state index contributed by atoms with van der Waals surface area (Å²) in [6, 6.07) is 0. The van der Waals surface area contributed by atoms with Crippen molar-refractivity contribution in [3.63, 3.8) is 0 Å². The Bertz CT molecular complexity index is 337. The summed E-state index contributed by atoms with van der Waals surface area (Å²) < 4.78 is 0. The summed E-state index contributed by atoms with van der Waals surface area (Å²) in [5.41, 5.74) is 9.81. The molecule has 16 N–H and O–H groups in total. The predicted octanol–water partition coefficient (Wildman–Crippen LogP) is -1.25. The molecule has 0 aliphatic rings. The Labute approximate surface area is 160 Å². The van der Waals surface area contributed by atoms with E-state index in [4.69, 9.17) is 70.9 Å². The van der Waals surface area contributed by atoms with Crippen molar-refractivity contribution in [3.05, 3.63) is 0 Å². The number of carbonyl (C=O) groups is 6. The lowest BCUT2D eigenvalue weighted by atomic mass is 10.7. The molecule has 0 amide bonds. The number of hydrogen-bond acceptors (Lipinski definition) is 10. The summed E-state index contributed by atoms with van der Waals surface area (Å²) in [4.78, 5) is 54.2. The maximum atomic E-state index is 9.10. The van der Waals surface area contributed by atoms with Crippen LogP contribution in [0.5, 0.6) is 0 Å². The third kappa shape index (κ3) is 3860. The molecule has 0 rings (SSSR count). The molecular formula is C12H32N4O12. The minimum absolute atomic E-state index is 0. The van der Waals surface area contributed by atoms with Crippen molar-refractivity contribution in [2.24, 2.45) is 11.5 Å². The SMILES string of the molecule is CC(=O)O.CC(=O)O.CC(=O)O.CC(=O)O.N.N.NCCN.O=C(O)C(=O)O. The summed E-state index contributed by atoms with van der Waals surface area (Å²) in [6.07, 6.45) is 0. The van der Waals surface area contributed by atoms with Gasteiger partial charge in [-0.3, -0.25) is 19.2 Å². The number of aliphatic carboxylic acids is 6. The average molecular weight is 424 g/mol. The lowest BCUT2D eigenvalue weighted by molar-refractivity contribution is -0.159. The summed E-state index contributed by atoms with van der Waals surface area (Å²) in [5, 5.41) is 44.4. The fraction of sp³-hybridized carbons (Fsp3) is 0.500. The van der Waals surface area contributed by atoms with Crippen LogP contribution >= 0.6 is 0 Å². The van der Waals surface area contributed by atoms with Gasteiger partial charge in [-0.05, 0) is 0 Å². The number of rotatable bonds is 1. The molecule has 0 aromatic carbocycles. The van der Waals surface area contributed by atoms with Gasteiger partial charge >= 0.3 is 11.9 Å². The zero-order chi connectivity index (χ0) is 22.9. The first-order valence-corrected chi connectivity index (χ1v) is 6.13. The van der Waals surface area contributed by atoms with Gasteiger partial charge in [-0.25, -0.2) is 9.59 Å². The fourth-order valence-corrected chi connectivity index (χ4v) is 0. The van der Waals surface area contributed by atoms with E-state index in [9.17, 15) is 0 Å². The third-order valence-electron chi connectivity index (χ3n) is 0.350. The molecule has 172 valence electrons. The van der Waals surface area contributed by atoms with Crippen molar-refractivity contribution >= 4 is 35.8 Å². The maximum Gasteiger partial charge on any atom is 0.414 e. The van der Waals surface area contributed by atoms with Crippen LogP contribution in [0.4, 0.5) is 0 Å². The lowest BCUT2D eigenvalue weighted by Crippen LogP contribution is -2.11. The van der Waals surface area contributed by atoms with Gasteiger partial charge < -0.3 is 54.4 Å². The largest absolute Gasteiger partial charge is 0.481 e. The molecular weight excluding hydrogens is 392 g/mol. The Morgan fingerprint density at radius 2 is 0.571 bits per heavy atom. The van der Waals surface area contributed by atoms with Gasteiger partial charge in [-0.1, -0.05) is 0 Å². The predicted molar refractivity (Wildman–Crippen MR) is 96.7 cm³/mol. The van der Waals surface area contributed by atoms with Crippen LogP contribution in [0.25, 0.3) is 0 Å². The minimum Gasteiger partial charge on any atom is -0.481 e. The molecule has 0 fully saturated rings. The van der Waals surface area contributed by atoms with Gasteiger partial charge in [0.2, 0.25) is 0 Å². The Morgan fingerprint density at radius 1 is 0.500 bits per heavy atom. The highest BCUT2D eigenvalue weighted by atomic mass is 16.4. The Balaban J connectivity index is -0.0000000284. The van der Waals surface area contributed by atoms with Crippen LogP contribution < -0.4 is 23.8 Å². The lowest BCUT2D eigenvalue weighted by Gasteiger charge is -1.72. The smallest absolute Gasteiger partial charge is 0.414 e. The Kier molecular flexibility index (Phi) is 77.7. The summed E-state index contributed by atoms with van der Waals surface area (Å²) in [5.74, 6) is -6.98. The molecule has 0 spiro atoms. The van der Waals surface area contributed by atoms with Crippen molar-refractivity contribution in [1.82, 2.24) is 12.3 Å². The molecule has 0 aromatic heterocycles. The van der Waals surface area contributed by atoms with E-state index in [0.717, 1.165) is 27.7 Å². The van der Waals surface area contributed by atoms with Crippen molar-refractivity contribution in [1.29, 1.82) is 0 Å². The van der Waals surface area contributed by atoms with Crippen molar-refractivity contribution in [2.75, 3.05) is 13.1 Å². The summed E-state index contributed by atoms with van der Waals surface area (Å²) in [7, 11) is 0. The molecule has 0 saturated carbocycles. The van der Waals surface area contributed by atoms with Crippen molar-refractivity contribution < 1.29 is 59.4 Å². The van der Waals surface area contributed by atoms with Gasteiger partial charge in [0.15, 0.2) is 0 Å². The normalized spacial score (nSPS) is 6.21. The van der Waals surface area contributed by atoms with Gasteiger partial charge in [0.25, 0.3) is 23.9 Å². The number of hydrogen-bond donors (Lipinski definition) is 10. The third-order valence-corrected chi connectivity index (χ3v) is 0.350. The van der Waals surface area contributed by atoms with Crippen LogP contribution in [0.15, 0.2) is 0 Å². The van der Waals surface area contributed by atoms with Crippen LogP contribution in [0.1, 0.15) is 27.7 Å². The van der Waals surface area contributed by atoms with Crippen LogP contribution in [0, 0.1) is 0 Å². The number of nitrogens with two attached hydrogens (primary N) is 2. The van der Waals surface area contributed by atoms with Crippen LogP contribution in [-0.2, 0) is 28.8 Å². The van der Waals surface area contributed by atoms with E-state index in [1.54, 1.807) is 0 Å². The van der Waals surface area contributed by atoms with Gasteiger partial charge in [-0.2, -0.15) is 0 Å². The van der Waals surface area contributed by atoms with E-state index >= 15 is 0 Å². The van der Waals surface area contributed by atoms with E-state index in [0.29, 0.717) is 13.1 Å². The average Bonchev–Trinajstić information content (AvgIpc) is 2.36. The topological polar surface area (TPSA) is 346 Å². The van der Waals surface area contributed by atoms with Gasteiger partial charge in [0.05, 0.1) is 0 Å². The molecule has 0 atom stereocenters. The quantitative estimate of drug-likeness (QED) is 0.219. The van der Waals surface area contributed by atoms with Gasteiger partial charge in [0.1, 0.15) is 0 Å². The standard InChI is InChI=1S/C2H8N2.C2H2O4.4C2H4O2.2H3N/c3-1-2-4;3-1(4)2(5)6;4*1-2(3)4;;/h1-4H2;(H,3,4)(H,5,6);4*1H3,(H,3,4);2*1H3. The second-order valence-corrected chi connectivity index (χ2v) is 3.26. The molecule has 0 bridgehead atoms. The summed E-state index contributed by atoms with van der Waals surface area (Å²) >= 11 is 0. The van der Waals surface area contributed by atoms with Gasteiger partial charge in [-0.15, -0.1) is 0 Å². The molecule has 0 radical (unpaired) electrons. The van der Waals surface area contributed by atoms with E-state index in [1.165, 1.54) is 0 Å². The molecule has 28 heavy (non-hydrogen) atoms. The second kappa shape index (κ2) is 43.8. The van der Waals surface area contributed by atoms with E-state index in [-0.39, 0.29) is 12.3 Å². The zero-order valence-corrected chi connectivity index (χ0v) is 16.1. The van der Waals surface area contributed by atoms with Gasteiger partial charge in [0, 0.05) is 40.8 Å². The molecule has 0 heterocycles. The van der Waals surface area contributed by atoms with Crippen molar-refractivity contribution in [3.8, 4) is 0 Å². The first-order valence-electron chi connectivity index (χ1n) is 6.13. The molecule has 0 aliphatic carbocycles. The highest BCUT2D eigenvalue weighted by Crippen LogP contribution is 1.56. The highest BCUT2D eigenvalue weighted by Gasteiger charge is 2.04. The zero-order valence-electron chi connectivity index (χ0n) is 16.1. The fourth-order valence-electron chi connectivity index (χ4n) is 0. The van der Waals surface area contributed by atoms with Crippen molar-refractivity contribution in [2.45, 2.75) is 27.7 Å². The first kappa shape index (κ1) is 49.7. The molecule has 16 nitrogen and oxygen atoms in total. The van der Waals surface area contributed by atoms with E-state index < -0.39 is 35.8 Å². The van der Waals surface area contributed by atoms with E-state index in [1.807, 2.05) is 0 Å². The molecule has 0 aromatic rings. The summed E-state index contributed by atoms with van der Waals surface area (Å²) in [6.45, 7) is 5.53. The number of carboxylic acids is 6. The Morgan fingerprint density at radius 3 is 0.571 bits per heavy atom.